The Kier molecular flexibility index (Phi) is 5.52. The van der Waals surface area contributed by atoms with Crippen molar-refractivity contribution in [2.45, 2.75) is 32.9 Å². The van der Waals surface area contributed by atoms with Gasteiger partial charge in [-0.2, -0.15) is 0 Å². The molecule has 0 spiro atoms. The lowest BCUT2D eigenvalue weighted by molar-refractivity contribution is -0.124. The summed E-state index contributed by atoms with van der Waals surface area (Å²) in [5.74, 6) is -0.0871. The predicted molar refractivity (Wildman–Crippen MR) is 81.2 cm³/mol. The molecule has 0 aliphatic heterocycles. The third kappa shape index (κ3) is 4.60. The molecule has 1 aromatic rings. The van der Waals surface area contributed by atoms with Crippen LogP contribution in [0.25, 0.3) is 0 Å². The first kappa shape index (κ1) is 16.1. The number of amides is 1. The predicted octanol–water partition coefficient (Wildman–Crippen LogP) is 1.84. The highest BCUT2D eigenvalue weighted by Gasteiger charge is 2.28. The van der Waals surface area contributed by atoms with Gasteiger partial charge in [0, 0.05) is 11.4 Å². The van der Waals surface area contributed by atoms with Crippen molar-refractivity contribution >= 4 is 17.2 Å². The van der Waals surface area contributed by atoms with Crippen molar-refractivity contribution in [2.24, 2.45) is 11.1 Å². The summed E-state index contributed by atoms with van der Waals surface area (Å²) in [7, 11) is 4.03. The third-order valence-corrected chi connectivity index (χ3v) is 4.15. The summed E-state index contributed by atoms with van der Waals surface area (Å²) in [6.07, 6.45) is 0. The fourth-order valence-electron chi connectivity index (χ4n) is 1.72. The molecule has 0 fully saturated rings. The summed E-state index contributed by atoms with van der Waals surface area (Å²) < 4.78 is 0. The average Bonchev–Trinajstić information content (AvgIpc) is 2.79. The fraction of sp³-hybridized carbons (Fsp3) is 0.643. The number of carbonyl (C=O) groups excluding carboxylic acids is 1. The summed E-state index contributed by atoms with van der Waals surface area (Å²) >= 11 is 1.70. The van der Waals surface area contributed by atoms with E-state index in [1.807, 2.05) is 40.9 Å². The first-order valence-electron chi connectivity index (χ1n) is 6.46. The number of carbonyl (C=O) groups is 1. The van der Waals surface area contributed by atoms with Crippen LogP contribution in [0, 0.1) is 5.41 Å². The number of rotatable bonds is 5. The van der Waals surface area contributed by atoms with E-state index in [1.54, 1.807) is 11.3 Å². The van der Waals surface area contributed by atoms with Crippen LogP contribution in [-0.4, -0.2) is 37.5 Å². The topological polar surface area (TPSA) is 58.4 Å². The SMILES string of the molecule is CN(C)C(CNC(=O)[C@H](N)C(C)(C)C)c1cccs1. The molecule has 1 heterocycles. The molecule has 108 valence electrons. The van der Waals surface area contributed by atoms with Crippen LogP contribution in [0.15, 0.2) is 17.5 Å². The number of thiophene rings is 1. The highest BCUT2D eigenvalue weighted by molar-refractivity contribution is 7.10. The maximum Gasteiger partial charge on any atom is 0.237 e. The Morgan fingerprint density at radius 1 is 1.47 bits per heavy atom. The zero-order valence-corrected chi connectivity index (χ0v) is 13.3. The first-order valence-corrected chi connectivity index (χ1v) is 7.34. The third-order valence-electron chi connectivity index (χ3n) is 3.18. The van der Waals surface area contributed by atoms with Gasteiger partial charge in [-0.05, 0) is 31.0 Å². The van der Waals surface area contributed by atoms with Gasteiger partial charge in [0.05, 0.1) is 12.1 Å². The number of likely N-dealkylation sites (N-methyl/N-ethyl adjacent to an activating group) is 1. The molecule has 0 saturated carbocycles. The van der Waals surface area contributed by atoms with E-state index in [0.29, 0.717) is 6.54 Å². The van der Waals surface area contributed by atoms with E-state index in [2.05, 4.69) is 21.7 Å². The van der Waals surface area contributed by atoms with E-state index >= 15 is 0 Å². The standard InChI is InChI=1S/C14H25N3OS/c1-14(2,3)12(15)13(18)16-9-10(17(4)5)11-7-6-8-19-11/h6-8,10,12H,9,15H2,1-5H3,(H,16,18)/t10?,12-/m0/s1. The van der Waals surface area contributed by atoms with E-state index in [4.69, 9.17) is 5.73 Å². The van der Waals surface area contributed by atoms with Gasteiger partial charge in [-0.25, -0.2) is 0 Å². The van der Waals surface area contributed by atoms with Gasteiger partial charge < -0.3 is 16.0 Å². The summed E-state index contributed by atoms with van der Waals surface area (Å²) in [6, 6.07) is 3.82. The quantitative estimate of drug-likeness (QED) is 0.867. The Morgan fingerprint density at radius 3 is 2.53 bits per heavy atom. The molecule has 19 heavy (non-hydrogen) atoms. The molecule has 4 nitrogen and oxygen atoms in total. The molecule has 0 bridgehead atoms. The molecular formula is C14H25N3OS. The Balaban J connectivity index is 2.61. The summed E-state index contributed by atoms with van der Waals surface area (Å²) in [6.45, 7) is 6.50. The summed E-state index contributed by atoms with van der Waals surface area (Å²) in [5.41, 5.74) is 5.73. The van der Waals surface area contributed by atoms with Crippen LogP contribution in [0.4, 0.5) is 0 Å². The smallest absolute Gasteiger partial charge is 0.237 e. The van der Waals surface area contributed by atoms with Crippen molar-refractivity contribution in [3.05, 3.63) is 22.4 Å². The molecule has 2 atom stereocenters. The van der Waals surface area contributed by atoms with Crippen LogP contribution < -0.4 is 11.1 Å². The fourth-order valence-corrected chi connectivity index (χ4v) is 2.64. The van der Waals surface area contributed by atoms with Crippen LogP contribution in [-0.2, 0) is 4.79 Å². The molecule has 1 aromatic heterocycles. The monoisotopic (exact) mass is 283 g/mol. The second kappa shape index (κ2) is 6.50. The van der Waals surface area contributed by atoms with E-state index < -0.39 is 6.04 Å². The van der Waals surface area contributed by atoms with Gasteiger partial charge in [0.25, 0.3) is 0 Å². The normalized spacial score (nSPS) is 15.3. The lowest BCUT2D eigenvalue weighted by atomic mass is 9.87. The van der Waals surface area contributed by atoms with E-state index in [1.165, 1.54) is 4.88 Å². The number of hydrogen-bond donors (Lipinski definition) is 2. The number of nitrogens with two attached hydrogens (primary N) is 1. The van der Waals surface area contributed by atoms with Crippen molar-refractivity contribution in [1.82, 2.24) is 10.2 Å². The lowest BCUT2D eigenvalue weighted by Gasteiger charge is -2.28. The minimum Gasteiger partial charge on any atom is -0.353 e. The molecule has 1 rings (SSSR count). The average molecular weight is 283 g/mol. The summed E-state index contributed by atoms with van der Waals surface area (Å²) in [5, 5.41) is 5.01. The molecule has 1 unspecified atom stereocenters. The number of nitrogens with one attached hydrogen (secondary N) is 1. The maximum absolute atomic E-state index is 12.0. The van der Waals surface area contributed by atoms with Gasteiger partial charge in [-0.15, -0.1) is 11.3 Å². The first-order chi connectivity index (χ1) is 8.73. The van der Waals surface area contributed by atoms with Crippen molar-refractivity contribution in [3.8, 4) is 0 Å². The van der Waals surface area contributed by atoms with E-state index in [9.17, 15) is 4.79 Å². The van der Waals surface area contributed by atoms with Gasteiger partial charge in [-0.3, -0.25) is 4.79 Å². The van der Waals surface area contributed by atoms with Crippen molar-refractivity contribution in [2.75, 3.05) is 20.6 Å². The number of nitrogens with zero attached hydrogens (tertiary/aromatic N) is 1. The molecule has 3 N–H and O–H groups in total. The van der Waals surface area contributed by atoms with E-state index in [0.717, 1.165) is 0 Å². The largest absolute Gasteiger partial charge is 0.353 e. The molecule has 0 saturated heterocycles. The molecule has 0 aromatic carbocycles. The zero-order valence-electron chi connectivity index (χ0n) is 12.4. The van der Waals surface area contributed by atoms with Crippen LogP contribution in [0.1, 0.15) is 31.7 Å². The van der Waals surface area contributed by atoms with Crippen LogP contribution >= 0.6 is 11.3 Å². The van der Waals surface area contributed by atoms with Gasteiger partial charge >= 0.3 is 0 Å². The Morgan fingerprint density at radius 2 is 2.11 bits per heavy atom. The molecular weight excluding hydrogens is 258 g/mol. The minimum atomic E-state index is -0.487. The second-order valence-electron chi connectivity index (χ2n) is 6.08. The molecule has 1 amide bonds. The molecule has 0 aliphatic carbocycles. The van der Waals surface area contributed by atoms with Crippen LogP contribution in [0.3, 0.4) is 0 Å². The van der Waals surface area contributed by atoms with Crippen molar-refractivity contribution in [1.29, 1.82) is 0 Å². The highest BCUT2D eigenvalue weighted by atomic mass is 32.1. The molecule has 0 aliphatic rings. The minimum absolute atomic E-state index is 0.0871. The van der Waals surface area contributed by atoms with Crippen molar-refractivity contribution in [3.63, 3.8) is 0 Å². The molecule has 5 heteroatoms. The highest BCUT2D eigenvalue weighted by Crippen LogP contribution is 2.23. The van der Waals surface area contributed by atoms with Gasteiger partial charge in [0.2, 0.25) is 5.91 Å². The summed E-state index contributed by atoms with van der Waals surface area (Å²) in [4.78, 5) is 15.4. The number of hydrogen-bond acceptors (Lipinski definition) is 4. The van der Waals surface area contributed by atoms with Crippen molar-refractivity contribution < 1.29 is 4.79 Å². The second-order valence-corrected chi connectivity index (χ2v) is 7.06. The van der Waals surface area contributed by atoms with Gasteiger partial charge in [0.15, 0.2) is 0 Å². The lowest BCUT2D eigenvalue weighted by Crippen LogP contribution is -2.50. The Hall–Kier alpha value is -0.910. The zero-order chi connectivity index (χ0) is 14.6. The van der Waals surface area contributed by atoms with E-state index in [-0.39, 0.29) is 17.4 Å². The Bertz CT molecular complexity index is 395. The van der Waals surface area contributed by atoms with Gasteiger partial charge in [0.1, 0.15) is 0 Å². The van der Waals surface area contributed by atoms with Crippen LogP contribution in [0.2, 0.25) is 0 Å². The molecule has 0 radical (unpaired) electrons. The van der Waals surface area contributed by atoms with Gasteiger partial charge in [-0.1, -0.05) is 26.8 Å². The maximum atomic E-state index is 12.0. The Labute approximate surface area is 120 Å². The van der Waals surface area contributed by atoms with Crippen LogP contribution in [0.5, 0.6) is 0 Å².